The van der Waals surface area contributed by atoms with Gasteiger partial charge in [-0.05, 0) is 66.0 Å². The average Bonchev–Trinajstić information content (AvgIpc) is 2.87. The Morgan fingerprint density at radius 3 is 2.65 bits per heavy atom. The van der Waals surface area contributed by atoms with Crippen LogP contribution in [0.5, 0.6) is 5.75 Å². The summed E-state index contributed by atoms with van der Waals surface area (Å²) in [7, 11) is 0. The number of nitrogens with zero attached hydrogens (tertiary/aromatic N) is 1. The molecule has 1 aliphatic rings. The number of hydrogen-bond acceptors (Lipinski definition) is 4. The lowest BCUT2D eigenvalue weighted by Gasteiger charge is -2.27. The third-order valence-electron chi connectivity index (χ3n) is 6.14. The minimum Gasteiger partial charge on any atom is -0.482 e. The van der Waals surface area contributed by atoms with Gasteiger partial charge >= 0.3 is 12.0 Å². The summed E-state index contributed by atoms with van der Waals surface area (Å²) in [6, 6.07) is 18.9. The number of urea groups is 1. The predicted molar refractivity (Wildman–Crippen MR) is 129 cm³/mol. The molecule has 2 amide bonds. The van der Waals surface area contributed by atoms with E-state index in [0.29, 0.717) is 18.2 Å². The van der Waals surface area contributed by atoms with Crippen LogP contribution < -0.4 is 15.4 Å². The Bertz CT molecular complexity index is 1070. The van der Waals surface area contributed by atoms with Crippen molar-refractivity contribution in [2.75, 3.05) is 13.2 Å². The summed E-state index contributed by atoms with van der Waals surface area (Å²) in [6.45, 7) is 0.188. The van der Waals surface area contributed by atoms with Crippen molar-refractivity contribution in [3.63, 3.8) is 0 Å². The maximum Gasteiger partial charge on any atom is 0.341 e. The van der Waals surface area contributed by atoms with Crippen LogP contribution in [0.2, 0.25) is 0 Å². The second-order valence-corrected chi connectivity index (χ2v) is 8.41. The van der Waals surface area contributed by atoms with Crippen LogP contribution in [0.25, 0.3) is 0 Å². The summed E-state index contributed by atoms with van der Waals surface area (Å²) < 4.78 is 5.50. The number of carbonyl (C=O) groups is 2. The zero-order valence-corrected chi connectivity index (χ0v) is 18.9. The Kier molecular flexibility index (Phi) is 7.75. The van der Waals surface area contributed by atoms with Crippen LogP contribution in [0.4, 0.5) is 4.79 Å². The standard InChI is InChI=1S/C27H29N3O4/c31-25(32)18-34-24-13-5-11-22-19(9-4-12-23(22)24)14-16-29-27(33)30-26(20-7-2-1-3-8-20)21-10-6-15-28-17-21/h1-3,5-8,10-11,13,15,17,19,26H,4,9,12,14,16,18H2,(H,31,32)(H2,29,30,33). The monoisotopic (exact) mass is 459 g/mol. The number of rotatable bonds is 9. The molecule has 2 unspecified atom stereocenters. The molecule has 2 atom stereocenters. The zero-order valence-electron chi connectivity index (χ0n) is 18.9. The molecule has 0 bridgehead atoms. The molecule has 176 valence electrons. The summed E-state index contributed by atoms with van der Waals surface area (Å²) in [5.41, 5.74) is 4.18. The van der Waals surface area contributed by atoms with Crippen molar-refractivity contribution >= 4 is 12.0 Å². The van der Waals surface area contributed by atoms with Crippen molar-refractivity contribution in [3.05, 3.63) is 95.3 Å². The Morgan fingerprint density at radius 2 is 1.88 bits per heavy atom. The molecule has 0 saturated carbocycles. The lowest BCUT2D eigenvalue weighted by molar-refractivity contribution is -0.139. The third kappa shape index (κ3) is 5.92. The van der Waals surface area contributed by atoms with E-state index >= 15 is 0 Å². The smallest absolute Gasteiger partial charge is 0.341 e. The first-order valence-corrected chi connectivity index (χ1v) is 11.6. The summed E-state index contributed by atoms with van der Waals surface area (Å²) >= 11 is 0. The number of benzene rings is 2. The Balaban J connectivity index is 1.37. The second kappa shape index (κ2) is 11.3. The molecule has 0 saturated heterocycles. The van der Waals surface area contributed by atoms with Gasteiger partial charge < -0.3 is 20.5 Å². The van der Waals surface area contributed by atoms with E-state index in [1.54, 1.807) is 12.4 Å². The molecule has 4 rings (SSSR count). The summed E-state index contributed by atoms with van der Waals surface area (Å²) in [5.74, 6) is -0.0431. The predicted octanol–water partition coefficient (Wildman–Crippen LogP) is 4.44. The molecule has 0 aliphatic heterocycles. The van der Waals surface area contributed by atoms with Gasteiger partial charge in [-0.3, -0.25) is 4.98 Å². The number of hydrogen-bond donors (Lipinski definition) is 3. The highest BCUT2D eigenvalue weighted by Crippen LogP contribution is 2.38. The molecule has 7 nitrogen and oxygen atoms in total. The first-order valence-electron chi connectivity index (χ1n) is 11.6. The van der Waals surface area contributed by atoms with Crippen LogP contribution in [-0.2, 0) is 11.2 Å². The molecule has 0 spiro atoms. The molecule has 1 aliphatic carbocycles. The average molecular weight is 460 g/mol. The van der Waals surface area contributed by atoms with Gasteiger partial charge in [0.2, 0.25) is 0 Å². The van der Waals surface area contributed by atoms with Crippen molar-refractivity contribution < 1.29 is 19.4 Å². The number of aliphatic carboxylic acids is 1. The highest BCUT2D eigenvalue weighted by molar-refractivity contribution is 5.75. The van der Waals surface area contributed by atoms with Gasteiger partial charge in [0.1, 0.15) is 5.75 Å². The number of nitrogens with one attached hydrogen (secondary N) is 2. The number of carbonyl (C=O) groups excluding carboxylic acids is 1. The molecule has 0 fully saturated rings. The van der Waals surface area contributed by atoms with Gasteiger partial charge in [-0.25, -0.2) is 9.59 Å². The van der Waals surface area contributed by atoms with Crippen molar-refractivity contribution in [2.45, 2.75) is 37.6 Å². The fraction of sp³-hybridized carbons (Fsp3) is 0.296. The van der Waals surface area contributed by atoms with Gasteiger partial charge in [-0.2, -0.15) is 0 Å². The Morgan fingerprint density at radius 1 is 1.06 bits per heavy atom. The number of carboxylic acid groups (broad SMARTS) is 1. The maximum absolute atomic E-state index is 12.8. The highest BCUT2D eigenvalue weighted by atomic mass is 16.5. The normalized spacial score (nSPS) is 15.6. The lowest BCUT2D eigenvalue weighted by atomic mass is 9.80. The fourth-order valence-corrected chi connectivity index (χ4v) is 4.58. The number of pyridine rings is 1. The van der Waals surface area contributed by atoms with Crippen LogP contribution in [0.1, 0.15) is 53.5 Å². The molecule has 2 aromatic carbocycles. The number of ether oxygens (including phenoxy) is 1. The van der Waals surface area contributed by atoms with E-state index in [-0.39, 0.29) is 18.7 Å². The molecule has 1 aromatic heterocycles. The van der Waals surface area contributed by atoms with Gasteiger partial charge in [0, 0.05) is 18.9 Å². The van der Waals surface area contributed by atoms with Crippen molar-refractivity contribution in [2.24, 2.45) is 0 Å². The van der Waals surface area contributed by atoms with Crippen LogP contribution in [0.3, 0.4) is 0 Å². The minimum atomic E-state index is -0.986. The maximum atomic E-state index is 12.8. The zero-order chi connectivity index (χ0) is 23.8. The summed E-state index contributed by atoms with van der Waals surface area (Å²) in [4.78, 5) is 27.9. The van der Waals surface area contributed by atoms with Gasteiger partial charge in [-0.15, -0.1) is 0 Å². The topological polar surface area (TPSA) is 101 Å². The quantitative estimate of drug-likeness (QED) is 0.439. The molecule has 3 aromatic rings. The SMILES string of the molecule is O=C(O)COc1cccc2c1CCCC2CCNC(=O)NC(c1ccccc1)c1cccnc1. The van der Waals surface area contributed by atoms with E-state index in [4.69, 9.17) is 9.84 Å². The van der Waals surface area contributed by atoms with Gasteiger partial charge in [0.25, 0.3) is 0 Å². The fourth-order valence-electron chi connectivity index (χ4n) is 4.58. The minimum absolute atomic E-state index is 0.229. The van der Waals surface area contributed by atoms with E-state index in [1.807, 2.05) is 54.6 Å². The van der Waals surface area contributed by atoms with Crippen LogP contribution >= 0.6 is 0 Å². The third-order valence-corrected chi connectivity index (χ3v) is 6.14. The molecule has 0 radical (unpaired) electrons. The first kappa shape index (κ1) is 23.3. The van der Waals surface area contributed by atoms with Gasteiger partial charge in [0.15, 0.2) is 6.61 Å². The van der Waals surface area contributed by atoms with E-state index in [0.717, 1.165) is 42.4 Å². The lowest BCUT2D eigenvalue weighted by Crippen LogP contribution is -2.39. The van der Waals surface area contributed by atoms with Crippen molar-refractivity contribution in [1.29, 1.82) is 0 Å². The number of aromatic nitrogens is 1. The molecule has 7 heteroatoms. The number of fused-ring (bicyclic) bond motifs is 1. The van der Waals surface area contributed by atoms with Gasteiger partial charge in [0.05, 0.1) is 6.04 Å². The van der Waals surface area contributed by atoms with Crippen LogP contribution in [-0.4, -0.2) is 35.2 Å². The Labute approximate surface area is 199 Å². The molecule has 34 heavy (non-hydrogen) atoms. The van der Waals surface area contributed by atoms with E-state index in [2.05, 4.69) is 21.7 Å². The molecular formula is C27H29N3O4. The number of amides is 2. The summed E-state index contributed by atoms with van der Waals surface area (Å²) in [5, 5.41) is 15.0. The van der Waals surface area contributed by atoms with E-state index < -0.39 is 5.97 Å². The summed E-state index contributed by atoms with van der Waals surface area (Å²) in [6.07, 6.45) is 7.19. The van der Waals surface area contributed by atoms with E-state index in [1.165, 1.54) is 5.56 Å². The Hall–Kier alpha value is -3.87. The van der Waals surface area contributed by atoms with Crippen LogP contribution in [0.15, 0.2) is 73.1 Å². The molecule has 3 N–H and O–H groups in total. The van der Waals surface area contributed by atoms with Crippen LogP contribution in [0, 0.1) is 0 Å². The second-order valence-electron chi connectivity index (χ2n) is 8.41. The van der Waals surface area contributed by atoms with Crippen molar-refractivity contribution in [1.82, 2.24) is 15.6 Å². The number of carboxylic acids is 1. The molecular weight excluding hydrogens is 430 g/mol. The van der Waals surface area contributed by atoms with E-state index in [9.17, 15) is 9.59 Å². The molecule has 1 heterocycles. The van der Waals surface area contributed by atoms with Crippen molar-refractivity contribution in [3.8, 4) is 5.75 Å². The van der Waals surface area contributed by atoms with Gasteiger partial charge in [-0.1, -0.05) is 48.5 Å². The largest absolute Gasteiger partial charge is 0.482 e. The highest BCUT2D eigenvalue weighted by Gasteiger charge is 2.23. The first-order chi connectivity index (χ1) is 16.6.